The Bertz CT molecular complexity index is 728. The lowest BCUT2D eigenvalue weighted by Crippen LogP contribution is -2.39. The van der Waals surface area contributed by atoms with E-state index in [4.69, 9.17) is 16.3 Å². The van der Waals surface area contributed by atoms with Crippen LogP contribution >= 0.6 is 11.6 Å². The van der Waals surface area contributed by atoms with Crippen LogP contribution in [0.4, 0.5) is 0 Å². The standard InChI is InChI=1S/C19H18ClNO2/c20-15-7-5-14(6-8-15)18(22)11-16-12-23-19-17-4-2-1-3-13(17)9-10-21(16)19/h1-8,16,19H,9-12H2/t16-,19+/m1/s1. The van der Waals surface area contributed by atoms with Crippen molar-refractivity contribution < 1.29 is 9.53 Å². The number of Topliss-reactive ketones (excluding diaryl/α,β-unsaturated/α-hetero) is 1. The molecule has 0 radical (unpaired) electrons. The quantitative estimate of drug-likeness (QED) is 0.801. The van der Waals surface area contributed by atoms with Crippen LogP contribution in [0.5, 0.6) is 0 Å². The van der Waals surface area contributed by atoms with E-state index < -0.39 is 0 Å². The molecule has 4 heteroatoms. The van der Waals surface area contributed by atoms with Crippen LogP contribution in [0.3, 0.4) is 0 Å². The summed E-state index contributed by atoms with van der Waals surface area (Å²) in [7, 11) is 0. The summed E-state index contributed by atoms with van der Waals surface area (Å²) in [5.74, 6) is 0.148. The highest BCUT2D eigenvalue weighted by molar-refractivity contribution is 6.30. The van der Waals surface area contributed by atoms with E-state index in [2.05, 4.69) is 29.2 Å². The fourth-order valence-electron chi connectivity index (χ4n) is 3.55. The molecule has 0 spiro atoms. The van der Waals surface area contributed by atoms with Crippen molar-refractivity contribution in [2.45, 2.75) is 25.1 Å². The van der Waals surface area contributed by atoms with Gasteiger partial charge in [-0.1, -0.05) is 35.9 Å². The van der Waals surface area contributed by atoms with Gasteiger partial charge in [-0.25, -0.2) is 0 Å². The molecule has 2 aliphatic rings. The van der Waals surface area contributed by atoms with Crippen LogP contribution in [-0.2, 0) is 11.2 Å². The van der Waals surface area contributed by atoms with Crippen LogP contribution in [0.1, 0.15) is 34.1 Å². The maximum absolute atomic E-state index is 12.5. The largest absolute Gasteiger partial charge is 0.357 e. The van der Waals surface area contributed by atoms with E-state index in [1.165, 1.54) is 11.1 Å². The zero-order valence-electron chi connectivity index (χ0n) is 12.7. The van der Waals surface area contributed by atoms with Gasteiger partial charge >= 0.3 is 0 Å². The molecule has 1 saturated heterocycles. The molecule has 0 bridgehead atoms. The number of halogens is 1. The Labute approximate surface area is 140 Å². The summed E-state index contributed by atoms with van der Waals surface area (Å²) >= 11 is 5.89. The Morgan fingerprint density at radius 3 is 2.78 bits per heavy atom. The van der Waals surface area contributed by atoms with Gasteiger partial charge in [0.25, 0.3) is 0 Å². The molecule has 4 rings (SSSR count). The maximum atomic E-state index is 12.5. The van der Waals surface area contributed by atoms with Gasteiger partial charge in [-0.05, 0) is 41.8 Å². The molecule has 2 aliphatic heterocycles. The molecule has 23 heavy (non-hydrogen) atoms. The van der Waals surface area contributed by atoms with Crippen molar-refractivity contribution in [1.29, 1.82) is 0 Å². The Kier molecular flexibility index (Phi) is 3.93. The van der Waals surface area contributed by atoms with Crippen molar-refractivity contribution in [3.05, 3.63) is 70.2 Å². The second kappa shape index (κ2) is 6.08. The molecule has 0 aromatic heterocycles. The molecule has 1 fully saturated rings. The molecule has 0 aliphatic carbocycles. The summed E-state index contributed by atoms with van der Waals surface area (Å²) in [5.41, 5.74) is 3.33. The lowest BCUT2D eigenvalue weighted by atomic mass is 9.96. The van der Waals surface area contributed by atoms with Crippen LogP contribution in [-0.4, -0.2) is 29.9 Å². The van der Waals surface area contributed by atoms with Crippen molar-refractivity contribution in [1.82, 2.24) is 4.90 Å². The average Bonchev–Trinajstić information content (AvgIpc) is 2.99. The summed E-state index contributed by atoms with van der Waals surface area (Å²) in [6, 6.07) is 15.7. The van der Waals surface area contributed by atoms with Gasteiger partial charge in [-0.2, -0.15) is 0 Å². The second-order valence-corrected chi connectivity index (χ2v) is 6.60. The molecular weight excluding hydrogens is 310 g/mol. The van der Waals surface area contributed by atoms with Gasteiger partial charge in [-0.3, -0.25) is 9.69 Å². The average molecular weight is 328 g/mol. The van der Waals surface area contributed by atoms with Crippen molar-refractivity contribution in [3.63, 3.8) is 0 Å². The van der Waals surface area contributed by atoms with Gasteiger partial charge in [-0.15, -0.1) is 0 Å². The van der Waals surface area contributed by atoms with Gasteiger partial charge in [0.1, 0.15) is 6.23 Å². The van der Waals surface area contributed by atoms with Gasteiger partial charge in [0.05, 0.1) is 6.61 Å². The first-order valence-corrected chi connectivity index (χ1v) is 8.34. The number of rotatable bonds is 3. The van der Waals surface area contributed by atoms with E-state index in [0.717, 1.165) is 18.5 Å². The maximum Gasteiger partial charge on any atom is 0.164 e. The van der Waals surface area contributed by atoms with Crippen LogP contribution in [0.15, 0.2) is 48.5 Å². The predicted molar refractivity (Wildman–Crippen MR) is 89.7 cm³/mol. The number of fused-ring (bicyclic) bond motifs is 3. The van der Waals surface area contributed by atoms with Crippen molar-refractivity contribution >= 4 is 17.4 Å². The summed E-state index contributed by atoms with van der Waals surface area (Å²) in [6.07, 6.45) is 1.50. The van der Waals surface area contributed by atoms with Crippen LogP contribution < -0.4 is 0 Å². The lowest BCUT2D eigenvalue weighted by Gasteiger charge is -2.33. The minimum atomic E-state index is 0.00275. The third kappa shape index (κ3) is 2.80. The number of benzene rings is 2. The molecule has 0 N–H and O–H groups in total. The molecule has 2 aromatic carbocycles. The normalized spacial score (nSPS) is 23.3. The first-order valence-electron chi connectivity index (χ1n) is 7.96. The molecule has 2 atom stereocenters. The molecule has 2 aromatic rings. The minimum absolute atomic E-state index is 0.00275. The third-order valence-electron chi connectivity index (χ3n) is 4.76. The predicted octanol–water partition coefficient (Wildman–Crippen LogP) is 3.87. The number of hydrogen-bond donors (Lipinski definition) is 0. The highest BCUT2D eigenvalue weighted by Gasteiger charge is 2.39. The number of carbonyl (C=O) groups excluding carboxylic acids is 1. The number of ketones is 1. The number of nitrogens with zero attached hydrogens (tertiary/aromatic N) is 1. The fraction of sp³-hybridized carbons (Fsp3) is 0.316. The number of ether oxygens (including phenoxy) is 1. The summed E-state index contributed by atoms with van der Waals surface area (Å²) in [4.78, 5) is 14.8. The van der Waals surface area contributed by atoms with E-state index >= 15 is 0 Å². The number of hydrogen-bond acceptors (Lipinski definition) is 3. The van der Waals surface area contributed by atoms with Crippen LogP contribution in [0, 0.1) is 0 Å². The van der Waals surface area contributed by atoms with Gasteiger partial charge in [0.15, 0.2) is 5.78 Å². The molecule has 0 saturated carbocycles. The molecule has 118 valence electrons. The van der Waals surface area contributed by atoms with E-state index in [1.54, 1.807) is 24.3 Å². The Morgan fingerprint density at radius 1 is 1.17 bits per heavy atom. The minimum Gasteiger partial charge on any atom is -0.357 e. The monoisotopic (exact) mass is 327 g/mol. The first-order chi connectivity index (χ1) is 11.2. The van der Waals surface area contributed by atoms with Crippen LogP contribution in [0.25, 0.3) is 0 Å². The Morgan fingerprint density at radius 2 is 1.96 bits per heavy atom. The highest BCUT2D eigenvalue weighted by Crippen LogP contribution is 2.37. The van der Waals surface area contributed by atoms with E-state index in [1.807, 2.05) is 0 Å². The number of carbonyl (C=O) groups is 1. The van der Waals surface area contributed by atoms with E-state index in [-0.39, 0.29) is 18.1 Å². The van der Waals surface area contributed by atoms with Gasteiger partial charge in [0.2, 0.25) is 0 Å². The first kappa shape index (κ1) is 14.9. The molecule has 0 unspecified atom stereocenters. The molecule has 2 heterocycles. The Balaban J connectivity index is 1.50. The van der Waals surface area contributed by atoms with Crippen molar-refractivity contribution in [2.24, 2.45) is 0 Å². The fourth-order valence-corrected chi connectivity index (χ4v) is 3.68. The Hall–Kier alpha value is -1.68. The zero-order valence-corrected chi connectivity index (χ0v) is 13.5. The lowest BCUT2D eigenvalue weighted by molar-refractivity contribution is 0.0215. The zero-order chi connectivity index (χ0) is 15.8. The van der Waals surface area contributed by atoms with Gasteiger partial charge in [0, 0.05) is 29.6 Å². The summed E-state index contributed by atoms with van der Waals surface area (Å²) in [5, 5.41) is 0.651. The topological polar surface area (TPSA) is 29.5 Å². The summed E-state index contributed by atoms with van der Waals surface area (Å²) < 4.78 is 6.00. The third-order valence-corrected chi connectivity index (χ3v) is 5.02. The van der Waals surface area contributed by atoms with Crippen molar-refractivity contribution in [3.8, 4) is 0 Å². The molecule has 3 nitrogen and oxygen atoms in total. The van der Waals surface area contributed by atoms with E-state index in [9.17, 15) is 4.79 Å². The van der Waals surface area contributed by atoms with Crippen LogP contribution in [0.2, 0.25) is 5.02 Å². The molecular formula is C19H18ClNO2. The van der Waals surface area contributed by atoms with Gasteiger partial charge < -0.3 is 4.74 Å². The smallest absolute Gasteiger partial charge is 0.164 e. The molecule has 0 amide bonds. The second-order valence-electron chi connectivity index (χ2n) is 6.16. The van der Waals surface area contributed by atoms with Crippen molar-refractivity contribution in [2.75, 3.05) is 13.2 Å². The summed E-state index contributed by atoms with van der Waals surface area (Å²) in [6.45, 7) is 1.55. The SMILES string of the molecule is O=C(C[C@@H]1CO[C@H]2c3ccccc3CCN12)c1ccc(Cl)cc1. The highest BCUT2D eigenvalue weighted by atomic mass is 35.5. The van der Waals surface area contributed by atoms with E-state index in [0.29, 0.717) is 18.1 Å².